The average molecular weight is 324 g/mol. The highest BCUT2D eigenvalue weighted by Crippen LogP contribution is 2.27. The van der Waals surface area contributed by atoms with E-state index in [1.54, 1.807) is 38.5 Å². The van der Waals surface area contributed by atoms with Crippen LogP contribution in [0.15, 0.2) is 60.7 Å². The molecule has 124 valence electrons. The third-order valence-electron chi connectivity index (χ3n) is 3.25. The van der Waals surface area contributed by atoms with Gasteiger partial charge in [0.1, 0.15) is 6.61 Å². The molecule has 0 N–H and O–H groups in total. The minimum Gasteiger partial charge on any atom is -0.493 e. The fourth-order valence-electron chi connectivity index (χ4n) is 2.05. The summed E-state index contributed by atoms with van der Waals surface area (Å²) in [5.41, 5.74) is 1.89. The highest BCUT2D eigenvalue weighted by atomic mass is 16.5. The van der Waals surface area contributed by atoms with Gasteiger partial charge in [0.25, 0.3) is 0 Å². The lowest BCUT2D eigenvalue weighted by Gasteiger charge is -2.07. The predicted molar refractivity (Wildman–Crippen MR) is 95.0 cm³/mol. The normalized spacial score (nSPS) is 10.9. The molecule has 2 aromatic rings. The minimum absolute atomic E-state index is 0.226. The summed E-state index contributed by atoms with van der Waals surface area (Å²) >= 11 is 0. The van der Waals surface area contributed by atoms with Crippen molar-refractivity contribution < 1.29 is 19.0 Å². The van der Waals surface area contributed by atoms with Crippen molar-refractivity contribution >= 4 is 18.1 Å². The number of methoxy groups -OCH3 is 2. The quantitative estimate of drug-likeness (QED) is 0.571. The van der Waals surface area contributed by atoms with Gasteiger partial charge in [0.05, 0.1) is 14.2 Å². The highest BCUT2D eigenvalue weighted by molar-refractivity contribution is 5.87. The molecule has 0 bridgehead atoms. The van der Waals surface area contributed by atoms with Gasteiger partial charge in [-0.25, -0.2) is 4.79 Å². The fraction of sp³-hybridized carbons (Fsp3) is 0.150. The van der Waals surface area contributed by atoms with Crippen molar-refractivity contribution in [1.29, 1.82) is 0 Å². The van der Waals surface area contributed by atoms with Crippen LogP contribution in [0.1, 0.15) is 11.1 Å². The van der Waals surface area contributed by atoms with Gasteiger partial charge in [0.2, 0.25) is 0 Å². The van der Waals surface area contributed by atoms with E-state index in [9.17, 15) is 4.79 Å². The molecule has 0 amide bonds. The van der Waals surface area contributed by atoms with Crippen LogP contribution in [0.3, 0.4) is 0 Å². The number of carbonyl (C=O) groups is 1. The predicted octanol–water partition coefficient (Wildman–Crippen LogP) is 3.97. The summed E-state index contributed by atoms with van der Waals surface area (Å²) in [7, 11) is 3.15. The number of benzene rings is 2. The van der Waals surface area contributed by atoms with E-state index in [2.05, 4.69) is 0 Å². The Hall–Kier alpha value is -3.01. The van der Waals surface area contributed by atoms with E-state index >= 15 is 0 Å². The maximum absolute atomic E-state index is 11.7. The lowest BCUT2D eigenvalue weighted by Crippen LogP contribution is -1.99. The van der Waals surface area contributed by atoms with Gasteiger partial charge in [-0.05, 0) is 35.4 Å². The van der Waals surface area contributed by atoms with Gasteiger partial charge in [-0.1, -0.05) is 42.5 Å². The summed E-state index contributed by atoms with van der Waals surface area (Å²) in [5.74, 6) is 0.851. The molecule has 0 radical (unpaired) electrons. The van der Waals surface area contributed by atoms with Crippen LogP contribution >= 0.6 is 0 Å². The Morgan fingerprint density at radius 1 is 0.917 bits per heavy atom. The van der Waals surface area contributed by atoms with Crippen LogP contribution < -0.4 is 9.47 Å². The number of carbonyl (C=O) groups excluding carboxylic acids is 1. The number of ether oxygens (including phenoxy) is 3. The molecule has 0 aliphatic rings. The summed E-state index contributed by atoms with van der Waals surface area (Å²) in [4.78, 5) is 11.7. The van der Waals surface area contributed by atoms with Gasteiger partial charge in [0.15, 0.2) is 11.5 Å². The van der Waals surface area contributed by atoms with Gasteiger partial charge < -0.3 is 14.2 Å². The molecule has 0 fully saturated rings. The summed E-state index contributed by atoms with van der Waals surface area (Å²) in [6.45, 7) is 0.226. The second-order valence-electron chi connectivity index (χ2n) is 4.89. The Balaban J connectivity index is 1.85. The third kappa shape index (κ3) is 5.32. The van der Waals surface area contributed by atoms with Crippen molar-refractivity contribution in [3.63, 3.8) is 0 Å². The number of hydrogen-bond donors (Lipinski definition) is 0. The van der Waals surface area contributed by atoms with Crippen molar-refractivity contribution in [2.24, 2.45) is 0 Å². The maximum Gasteiger partial charge on any atom is 0.331 e. The molecule has 0 heterocycles. The summed E-state index contributed by atoms with van der Waals surface area (Å²) < 4.78 is 15.5. The summed E-state index contributed by atoms with van der Waals surface area (Å²) in [6, 6.07) is 15.2. The van der Waals surface area contributed by atoms with Crippen LogP contribution in [0.4, 0.5) is 0 Å². The molecule has 0 saturated carbocycles. The molecule has 4 heteroatoms. The van der Waals surface area contributed by atoms with Crippen molar-refractivity contribution in [3.8, 4) is 11.5 Å². The van der Waals surface area contributed by atoms with Crippen LogP contribution in [0.25, 0.3) is 12.2 Å². The molecule has 0 spiro atoms. The van der Waals surface area contributed by atoms with Crippen molar-refractivity contribution in [2.45, 2.75) is 0 Å². The van der Waals surface area contributed by atoms with E-state index in [0.717, 1.165) is 11.1 Å². The molecule has 24 heavy (non-hydrogen) atoms. The number of hydrogen-bond acceptors (Lipinski definition) is 4. The molecular weight excluding hydrogens is 304 g/mol. The van der Waals surface area contributed by atoms with E-state index in [0.29, 0.717) is 11.5 Å². The Morgan fingerprint density at radius 2 is 1.67 bits per heavy atom. The van der Waals surface area contributed by atoms with E-state index in [1.807, 2.05) is 42.5 Å². The molecule has 0 atom stereocenters. The van der Waals surface area contributed by atoms with E-state index < -0.39 is 5.97 Å². The third-order valence-corrected chi connectivity index (χ3v) is 3.25. The van der Waals surface area contributed by atoms with Crippen LogP contribution in [-0.2, 0) is 9.53 Å². The standard InChI is InChI=1S/C20H20O4/c1-22-18-12-10-17(15-19(18)23-2)11-13-20(21)24-14-6-9-16-7-4-3-5-8-16/h3-13,15H,14H2,1-2H3/b9-6+,13-11+. The second kappa shape index (κ2) is 9.20. The largest absolute Gasteiger partial charge is 0.493 e. The topological polar surface area (TPSA) is 44.8 Å². The number of rotatable bonds is 7. The van der Waals surface area contributed by atoms with Gasteiger partial charge in [0, 0.05) is 6.08 Å². The van der Waals surface area contributed by atoms with E-state index in [-0.39, 0.29) is 6.61 Å². The van der Waals surface area contributed by atoms with Crippen LogP contribution in [0, 0.1) is 0 Å². The molecular formula is C20H20O4. The van der Waals surface area contributed by atoms with Gasteiger partial charge in [-0.3, -0.25) is 0 Å². The second-order valence-corrected chi connectivity index (χ2v) is 4.89. The number of esters is 1. The lowest BCUT2D eigenvalue weighted by atomic mass is 10.2. The van der Waals surface area contributed by atoms with Gasteiger partial charge in [-0.15, -0.1) is 0 Å². The Kier molecular flexibility index (Phi) is 6.65. The van der Waals surface area contributed by atoms with E-state index in [4.69, 9.17) is 14.2 Å². The van der Waals surface area contributed by atoms with Gasteiger partial charge in [-0.2, -0.15) is 0 Å². The first kappa shape index (κ1) is 17.3. The molecule has 0 aliphatic carbocycles. The molecule has 2 aromatic carbocycles. The SMILES string of the molecule is COc1ccc(/C=C/C(=O)OC/C=C/c2ccccc2)cc1OC. The zero-order valence-electron chi connectivity index (χ0n) is 13.8. The zero-order valence-corrected chi connectivity index (χ0v) is 13.8. The molecule has 0 unspecified atom stereocenters. The molecule has 0 aromatic heterocycles. The Morgan fingerprint density at radius 3 is 2.38 bits per heavy atom. The molecule has 2 rings (SSSR count). The van der Waals surface area contributed by atoms with Crippen LogP contribution in [-0.4, -0.2) is 26.8 Å². The van der Waals surface area contributed by atoms with Crippen LogP contribution in [0.2, 0.25) is 0 Å². The van der Waals surface area contributed by atoms with Crippen molar-refractivity contribution in [1.82, 2.24) is 0 Å². The molecule has 0 aliphatic heterocycles. The molecule has 0 saturated heterocycles. The maximum atomic E-state index is 11.7. The first-order chi connectivity index (χ1) is 11.7. The Bertz CT molecular complexity index is 718. The highest BCUT2D eigenvalue weighted by Gasteiger charge is 2.03. The lowest BCUT2D eigenvalue weighted by molar-refractivity contribution is -0.136. The summed E-state index contributed by atoms with van der Waals surface area (Å²) in [5, 5.41) is 0. The van der Waals surface area contributed by atoms with Gasteiger partial charge >= 0.3 is 5.97 Å². The Labute approximate surface area is 142 Å². The molecule has 4 nitrogen and oxygen atoms in total. The minimum atomic E-state index is -0.400. The van der Waals surface area contributed by atoms with Crippen LogP contribution in [0.5, 0.6) is 11.5 Å². The summed E-state index contributed by atoms with van der Waals surface area (Å²) in [6.07, 6.45) is 6.77. The fourth-order valence-corrected chi connectivity index (χ4v) is 2.05. The van der Waals surface area contributed by atoms with Crippen molar-refractivity contribution in [2.75, 3.05) is 20.8 Å². The van der Waals surface area contributed by atoms with Crippen molar-refractivity contribution in [3.05, 3.63) is 71.8 Å². The first-order valence-corrected chi connectivity index (χ1v) is 7.51. The smallest absolute Gasteiger partial charge is 0.331 e. The van der Waals surface area contributed by atoms with E-state index in [1.165, 1.54) is 6.08 Å². The first-order valence-electron chi connectivity index (χ1n) is 7.51. The average Bonchev–Trinajstić information content (AvgIpc) is 2.64. The monoisotopic (exact) mass is 324 g/mol. The zero-order chi connectivity index (χ0) is 17.2.